The van der Waals surface area contributed by atoms with Crippen LogP contribution in [0.4, 0.5) is 11.4 Å². The van der Waals surface area contributed by atoms with Crippen molar-refractivity contribution < 1.29 is 0 Å². The Hall–Kier alpha value is -5.93. The van der Waals surface area contributed by atoms with Gasteiger partial charge >= 0.3 is 0 Å². The van der Waals surface area contributed by atoms with Gasteiger partial charge in [0.15, 0.2) is 0 Å². The quantitative estimate of drug-likeness (QED) is 0.192. The molecule has 3 aliphatic carbocycles. The van der Waals surface area contributed by atoms with Crippen LogP contribution in [0.15, 0.2) is 158 Å². The fraction of sp³-hybridized carbons (Fsp3) is 0.0889. The summed E-state index contributed by atoms with van der Waals surface area (Å²) in [4.78, 5) is 6.71. The zero-order valence-corrected chi connectivity index (χ0v) is 26.6. The number of anilines is 2. The number of pyridine rings is 1. The van der Waals surface area contributed by atoms with Gasteiger partial charge in [-0.1, -0.05) is 91.0 Å². The van der Waals surface area contributed by atoms with Crippen molar-refractivity contribution in [3.05, 3.63) is 174 Å². The summed E-state index contributed by atoms with van der Waals surface area (Å²) < 4.78 is 2.52. The third kappa shape index (κ3) is 4.10. The molecule has 0 saturated carbocycles. The molecular weight excluding hydrogens is 583 g/mol. The highest BCUT2D eigenvalue weighted by atomic mass is 15.2. The molecule has 7 aromatic rings. The Morgan fingerprint density at radius 3 is 2.35 bits per heavy atom. The monoisotopic (exact) mass is 615 g/mol. The second kappa shape index (κ2) is 10.8. The van der Waals surface area contributed by atoms with Gasteiger partial charge in [-0.05, 0) is 112 Å². The van der Waals surface area contributed by atoms with Gasteiger partial charge < -0.3 is 9.47 Å². The van der Waals surface area contributed by atoms with Crippen LogP contribution in [-0.4, -0.2) is 9.55 Å². The van der Waals surface area contributed by atoms with E-state index < -0.39 is 0 Å². The van der Waals surface area contributed by atoms with E-state index >= 15 is 0 Å². The van der Waals surface area contributed by atoms with Crippen LogP contribution in [0.1, 0.15) is 35.6 Å². The van der Waals surface area contributed by atoms with Gasteiger partial charge in [-0.15, -0.1) is 0 Å². The van der Waals surface area contributed by atoms with Gasteiger partial charge in [0.25, 0.3) is 0 Å². The highest BCUT2D eigenvalue weighted by Crippen LogP contribution is 2.52. The Bertz CT molecular complexity index is 2430. The average molecular weight is 616 g/mol. The Morgan fingerprint density at radius 1 is 0.688 bits per heavy atom. The molecule has 2 aromatic heterocycles. The molecule has 1 unspecified atom stereocenters. The van der Waals surface area contributed by atoms with E-state index in [1.54, 1.807) is 0 Å². The minimum absolute atomic E-state index is 0.305. The van der Waals surface area contributed by atoms with E-state index in [4.69, 9.17) is 0 Å². The molecule has 2 heterocycles. The first-order chi connectivity index (χ1) is 23.8. The molecule has 0 radical (unpaired) electrons. The van der Waals surface area contributed by atoms with Crippen LogP contribution < -0.4 is 4.90 Å². The molecule has 3 nitrogen and oxygen atoms in total. The lowest BCUT2D eigenvalue weighted by Crippen LogP contribution is -2.17. The summed E-state index contributed by atoms with van der Waals surface area (Å²) in [5.74, 6) is 0.305. The van der Waals surface area contributed by atoms with Crippen molar-refractivity contribution >= 4 is 39.1 Å². The van der Waals surface area contributed by atoms with Crippen LogP contribution in [0.3, 0.4) is 0 Å². The van der Waals surface area contributed by atoms with Gasteiger partial charge in [-0.3, -0.25) is 4.98 Å². The lowest BCUT2D eigenvalue weighted by Gasteiger charge is -2.28. The number of nitrogens with zero attached hydrogens (tertiary/aromatic N) is 3. The fourth-order valence-electron chi connectivity index (χ4n) is 8.28. The predicted molar refractivity (Wildman–Crippen MR) is 200 cm³/mol. The van der Waals surface area contributed by atoms with Crippen LogP contribution in [0.5, 0.6) is 0 Å². The van der Waals surface area contributed by atoms with Crippen molar-refractivity contribution in [2.75, 3.05) is 4.90 Å². The molecule has 48 heavy (non-hydrogen) atoms. The van der Waals surface area contributed by atoms with Crippen LogP contribution in [-0.2, 0) is 6.42 Å². The molecule has 3 aliphatic rings. The summed E-state index contributed by atoms with van der Waals surface area (Å²) in [6.45, 7) is 0. The Labute approximate surface area is 280 Å². The van der Waals surface area contributed by atoms with Gasteiger partial charge in [0.2, 0.25) is 0 Å². The normalized spacial score (nSPS) is 15.8. The fourth-order valence-corrected chi connectivity index (χ4v) is 8.28. The van der Waals surface area contributed by atoms with E-state index in [0.717, 1.165) is 30.6 Å². The lowest BCUT2D eigenvalue weighted by atomic mass is 9.88. The van der Waals surface area contributed by atoms with Gasteiger partial charge in [0.05, 0.1) is 17.4 Å². The Morgan fingerprint density at radius 2 is 1.54 bits per heavy atom. The summed E-state index contributed by atoms with van der Waals surface area (Å²) >= 11 is 0. The van der Waals surface area contributed by atoms with E-state index in [2.05, 4.69) is 154 Å². The zero-order chi connectivity index (χ0) is 31.6. The third-order valence-corrected chi connectivity index (χ3v) is 10.4. The first-order valence-corrected chi connectivity index (χ1v) is 17.0. The van der Waals surface area contributed by atoms with Gasteiger partial charge in [0, 0.05) is 45.8 Å². The summed E-state index contributed by atoms with van der Waals surface area (Å²) in [5.41, 5.74) is 15.4. The van der Waals surface area contributed by atoms with Crippen molar-refractivity contribution in [3.63, 3.8) is 0 Å². The van der Waals surface area contributed by atoms with Gasteiger partial charge in [-0.25, -0.2) is 0 Å². The topological polar surface area (TPSA) is 21.1 Å². The first kappa shape index (κ1) is 27.2. The third-order valence-electron chi connectivity index (χ3n) is 10.4. The van der Waals surface area contributed by atoms with Crippen molar-refractivity contribution in [1.29, 1.82) is 0 Å². The Kier molecular flexibility index (Phi) is 6.13. The van der Waals surface area contributed by atoms with E-state index in [9.17, 15) is 0 Å². The molecule has 228 valence electrons. The van der Waals surface area contributed by atoms with E-state index in [1.165, 1.54) is 72.1 Å². The number of benzene rings is 5. The van der Waals surface area contributed by atoms with E-state index in [0.29, 0.717) is 5.92 Å². The molecule has 0 amide bonds. The van der Waals surface area contributed by atoms with Crippen molar-refractivity contribution in [2.24, 2.45) is 0 Å². The van der Waals surface area contributed by atoms with Crippen molar-refractivity contribution in [1.82, 2.24) is 9.55 Å². The lowest BCUT2D eigenvalue weighted by molar-refractivity contribution is 0.840. The number of allylic oxidation sites excluding steroid dienone is 4. The molecule has 5 aromatic carbocycles. The largest absolute Gasteiger partial charge is 0.313 e. The van der Waals surface area contributed by atoms with E-state index in [-0.39, 0.29) is 0 Å². The van der Waals surface area contributed by atoms with E-state index in [1.807, 2.05) is 18.5 Å². The Balaban J connectivity index is 1.08. The molecule has 0 aliphatic heterocycles. The second-order valence-corrected chi connectivity index (χ2v) is 13.0. The number of fused-ring (bicyclic) bond motifs is 7. The van der Waals surface area contributed by atoms with Gasteiger partial charge in [0.1, 0.15) is 0 Å². The molecule has 3 heteroatoms. The van der Waals surface area contributed by atoms with Crippen LogP contribution in [0, 0.1) is 0 Å². The molecule has 0 saturated heterocycles. The molecule has 10 rings (SSSR count). The number of hydrogen-bond donors (Lipinski definition) is 0. The summed E-state index contributed by atoms with van der Waals surface area (Å²) in [6.07, 6.45) is 18.6. The average Bonchev–Trinajstić information content (AvgIpc) is 3.67. The van der Waals surface area contributed by atoms with Crippen LogP contribution in [0.25, 0.3) is 55.7 Å². The smallest absolute Gasteiger partial charge is 0.0644 e. The maximum absolute atomic E-state index is 4.42. The number of rotatable bonds is 5. The molecule has 0 bridgehead atoms. The minimum atomic E-state index is 0.305. The van der Waals surface area contributed by atoms with Gasteiger partial charge in [-0.2, -0.15) is 0 Å². The summed E-state index contributed by atoms with van der Waals surface area (Å²) in [5, 5.41) is 4.13. The maximum Gasteiger partial charge on any atom is 0.0644 e. The predicted octanol–water partition coefficient (Wildman–Crippen LogP) is 11.6. The first-order valence-electron chi connectivity index (χ1n) is 17.0. The second-order valence-electron chi connectivity index (χ2n) is 13.0. The summed E-state index contributed by atoms with van der Waals surface area (Å²) in [7, 11) is 0. The molecule has 1 atom stereocenters. The van der Waals surface area contributed by atoms with Crippen LogP contribution >= 0.6 is 0 Å². The molecule has 0 fully saturated rings. The number of aromatic nitrogens is 2. The summed E-state index contributed by atoms with van der Waals surface area (Å²) in [6, 6.07) is 42.1. The maximum atomic E-state index is 4.42. The standard InChI is InChI=1S/C45H33N3/c1-3-11-32(12-4-1)47(35-15-10-26-46-29-35)34-23-20-30(21-24-34)31-22-25-36-37-17-9-18-39-44(37)41(40(36)27-31)28-43-45(39)38-16-7-8-19-42(38)48(43)33-13-5-2-6-14-33/h1-7,9-18,20,22-30H,8,19,21H2. The molecular formula is C45H33N3. The highest BCUT2D eigenvalue weighted by molar-refractivity contribution is 6.25. The highest BCUT2D eigenvalue weighted by Gasteiger charge is 2.28. The zero-order valence-electron chi connectivity index (χ0n) is 26.6. The molecule has 0 spiro atoms. The number of para-hydroxylation sites is 2. The minimum Gasteiger partial charge on any atom is -0.313 e. The number of hydrogen-bond acceptors (Lipinski definition) is 2. The molecule has 0 N–H and O–H groups in total. The van der Waals surface area contributed by atoms with Crippen LogP contribution in [0.2, 0.25) is 0 Å². The SMILES string of the molecule is C1=Cc2c(n(-c3ccccc3)c3cc4c5c(cccc5c23)-c2ccc(C3C=CC(N(c5ccccc5)c5cccnc5)=CC3)cc2-4)CC1. The van der Waals surface area contributed by atoms with Crippen molar-refractivity contribution in [3.8, 4) is 27.9 Å². The van der Waals surface area contributed by atoms with Crippen molar-refractivity contribution in [2.45, 2.75) is 25.2 Å².